The smallest absolute Gasteiger partial charge is 0.133 e. The Labute approximate surface area is 118 Å². The van der Waals surface area contributed by atoms with Crippen LogP contribution in [0.25, 0.3) is 0 Å². The van der Waals surface area contributed by atoms with E-state index in [4.69, 9.17) is 0 Å². The number of rotatable bonds is 9. The minimum atomic E-state index is 0.683. The van der Waals surface area contributed by atoms with Crippen LogP contribution >= 0.6 is 0 Å². The fourth-order valence-corrected chi connectivity index (χ4v) is 2.21. The van der Waals surface area contributed by atoms with Crippen LogP contribution in [0.15, 0.2) is 18.3 Å². The maximum absolute atomic E-state index is 4.60. The molecule has 0 fully saturated rings. The zero-order valence-electron chi connectivity index (χ0n) is 12.9. The number of aromatic nitrogens is 1. The first-order valence-corrected chi connectivity index (χ1v) is 7.58. The van der Waals surface area contributed by atoms with E-state index in [1.54, 1.807) is 0 Å². The van der Waals surface area contributed by atoms with Crippen molar-refractivity contribution in [2.45, 2.75) is 47.1 Å². The molecule has 3 nitrogen and oxygen atoms in total. The third-order valence-electron chi connectivity index (χ3n) is 3.02. The summed E-state index contributed by atoms with van der Waals surface area (Å²) in [7, 11) is 0. The second-order valence-corrected chi connectivity index (χ2v) is 5.50. The Morgan fingerprint density at radius 1 is 1.21 bits per heavy atom. The lowest BCUT2D eigenvalue weighted by molar-refractivity contribution is 0.551. The molecule has 0 radical (unpaired) electrons. The normalized spacial score (nSPS) is 11.0. The quantitative estimate of drug-likeness (QED) is 0.739. The van der Waals surface area contributed by atoms with E-state index in [9.17, 15) is 0 Å². The molecule has 0 unspecified atom stereocenters. The van der Waals surface area contributed by atoms with Crippen LogP contribution in [-0.4, -0.2) is 24.6 Å². The summed E-state index contributed by atoms with van der Waals surface area (Å²) < 4.78 is 0. The number of nitrogens with one attached hydrogen (secondary N) is 1. The van der Waals surface area contributed by atoms with Crippen molar-refractivity contribution in [1.29, 1.82) is 0 Å². The van der Waals surface area contributed by atoms with Crippen molar-refractivity contribution in [3.63, 3.8) is 0 Å². The average molecular weight is 263 g/mol. The van der Waals surface area contributed by atoms with Gasteiger partial charge in [0.05, 0.1) is 0 Å². The van der Waals surface area contributed by atoms with Gasteiger partial charge in [0, 0.05) is 31.4 Å². The Kier molecular flexibility index (Phi) is 7.49. The van der Waals surface area contributed by atoms with Crippen molar-refractivity contribution in [2.75, 3.05) is 24.5 Å². The molecular weight excluding hydrogens is 234 g/mol. The molecule has 0 aliphatic heterocycles. The topological polar surface area (TPSA) is 28.2 Å². The maximum atomic E-state index is 4.60. The summed E-state index contributed by atoms with van der Waals surface area (Å²) in [6.45, 7) is 13.0. The minimum absolute atomic E-state index is 0.683. The third kappa shape index (κ3) is 5.60. The maximum Gasteiger partial charge on any atom is 0.133 e. The first-order chi connectivity index (χ1) is 9.19. The van der Waals surface area contributed by atoms with E-state index in [2.05, 4.69) is 49.0 Å². The Balaban J connectivity index is 2.74. The van der Waals surface area contributed by atoms with Gasteiger partial charge in [-0.3, -0.25) is 0 Å². The van der Waals surface area contributed by atoms with Gasteiger partial charge in [0.2, 0.25) is 0 Å². The molecule has 19 heavy (non-hydrogen) atoms. The van der Waals surface area contributed by atoms with Gasteiger partial charge >= 0.3 is 0 Å². The third-order valence-corrected chi connectivity index (χ3v) is 3.02. The Morgan fingerprint density at radius 3 is 2.47 bits per heavy atom. The fourth-order valence-electron chi connectivity index (χ4n) is 2.21. The number of hydrogen-bond acceptors (Lipinski definition) is 3. The van der Waals surface area contributed by atoms with Gasteiger partial charge < -0.3 is 10.2 Å². The monoisotopic (exact) mass is 263 g/mol. The zero-order valence-corrected chi connectivity index (χ0v) is 12.9. The molecule has 0 aliphatic rings. The largest absolute Gasteiger partial charge is 0.356 e. The van der Waals surface area contributed by atoms with Gasteiger partial charge in [-0.15, -0.1) is 0 Å². The molecular formula is C16H29N3. The standard InChI is InChI=1S/C16H29N3/c1-5-10-19(11-6-2)16-15(8-7-9-18-16)13-17-12-14(3)4/h7-9,14,17H,5-6,10-13H2,1-4H3. The predicted molar refractivity (Wildman–Crippen MR) is 83.6 cm³/mol. The van der Waals surface area contributed by atoms with E-state index in [1.807, 2.05) is 12.3 Å². The highest BCUT2D eigenvalue weighted by Crippen LogP contribution is 2.17. The summed E-state index contributed by atoms with van der Waals surface area (Å²) in [6.07, 6.45) is 4.23. The van der Waals surface area contributed by atoms with E-state index in [-0.39, 0.29) is 0 Å². The second-order valence-electron chi connectivity index (χ2n) is 5.50. The molecule has 0 spiro atoms. The summed E-state index contributed by atoms with van der Waals surface area (Å²) >= 11 is 0. The van der Waals surface area contributed by atoms with Crippen molar-refractivity contribution in [1.82, 2.24) is 10.3 Å². The first-order valence-electron chi connectivity index (χ1n) is 7.58. The molecule has 108 valence electrons. The van der Waals surface area contributed by atoms with E-state index < -0.39 is 0 Å². The van der Waals surface area contributed by atoms with Crippen LogP contribution < -0.4 is 10.2 Å². The van der Waals surface area contributed by atoms with Crippen molar-refractivity contribution in [3.8, 4) is 0 Å². The first kappa shape index (κ1) is 16.0. The van der Waals surface area contributed by atoms with Gasteiger partial charge in [-0.2, -0.15) is 0 Å². The fraction of sp³-hybridized carbons (Fsp3) is 0.688. The second kappa shape index (κ2) is 8.92. The molecule has 0 bridgehead atoms. The summed E-state index contributed by atoms with van der Waals surface area (Å²) in [5.41, 5.74) is 1.31. The van der Waals surface area contributed by atoms with E-state index >= 15 is 0 Å². The highest BCUT2D eigenvalue weighted by Gasteiger charge is 2.10. The zero-order chi connectivity index (χ0) is 14.1. The summed E-state index contributed by atoms with van der Waals surface area (Å²) in [6, 6.07) is 4.22. The molecule has 1 rings (SSSR count). The number of anilines is 1. The van der Waals surface area contributed by atoms with Crippen molar-refractivity contribution >= 4 is 5.82 Å². The molecule has 0 saturated carbocycles. The highest BCUT2D eigenvalue weighted by molar-refractivity contribution is 5.46. The van der Waals surface area contributed by atoms with E-state index in [0.29, 0.717) is 5.92 Å². The van der Waals surface area contributed by atoms with Gasteiger partial charge in [0.15, 0.2) is 0 Å². The predicted octanol–water partition coefficient (Wildman–Crippen LogP) is 3.45. The van der Waals surface area contributed by atoms with Gasteiger partial charge in [-0.1, -0.05) is 33.8 Å². The summed E-state index contributed by atoms with van der Waals surface area (Å²) in [5, 5.41) is 3.51. The van der Waals surface area contributed by atoms with Crippen LogP contribution in [0, 0.1) is 5.92 Å². The molecule has 0 amide bonds. The number of nitrogens with zero attached hydrogens (tertiary/aromatic N) is 2. The van der Waals surface area contributed by atoms with Crippen molar-refractivity contribution in [2.24, 2.45) is 5.92 Å². The van der Waals surface area contributed by atoms with Gasteiger partial charge in [-0.05, 0) is 31.4 Å². The highest BCUT2D eigenvalue weighted by atomic mass is 15.2. The van der Waals surface area contributed by atoms with Crippen LogP contribution in [0.2, 0.25) is 0 Å². The Morgan fingerprint density at radius 2 is 1.89 bits per heavy atom. The SMILES string of the molecule is CCCN(CCC)c1ncccc1CNCC(C)C. The van der Waals surface area contributed by atoms with Crippen LogP contribution in [0.5, 0.6) is 0 Å². The van der Waals surface area contributed by atoms with Gasteiger partial charge in [0.1, 0.15) is 5.82 Å². The molecule has 1 heterocycles. The lowest BCUT2D eigenvalue weighted by atomic mass is 10.2. The molecule has 0 aromatic carbocycles. The van der Waals surface area contributed by atoms with Crippen LogP contribution in [-0.2, 0) is 6.54 Å². The average Bonchev–Trinajstić information content (AvgIpc) is 2.39. The van der Waals surface area contributed by atoms with Gasteiger partial charge in [0.25, 0.3) is 0 Å². The van der Waals surface area contributed by atoms with Crippen LogP contribution in [0.4, 0.5) is 5.82 Å². The van der Waals surface area contributed by atoms with E-state index in [0.717, 1.165) is 44.8 Å². The molecule has 0 aliphatic carbocycles. The lowest BCUT2D eigenvalue weighted by Crippen LogP contribution is -2.28. The number of hydrogen-bond donors (Lipinski definition) is 1. The Bertz CT molecular complexity index is 344. The van der Waals surface area contributed by atoms with Crippen molar-refractivity contribution < 1.29 is 0 Å². The lowest BCUT2D eigenvalue weighted by Gasteiger charge is -2.25. The molecule has 1 N–H and O–H groups in total. The molecule has 1 aromatic heterocycles. The Hall–Kier alpha value is -1.09. The van der Waals surface area contributed by atoms with E-state index in [1.165, 1.54) is 5.56 Å². The van der Waals surface area contributed by atoms with Crippen LogP contribution in [0.3, 0.4) is 0 Å². The minimum Gasteiger partial charge on any atom is -0.356 e. The molecule has 1 aromatic rings. The number of pyridine rings is 1. The molecule has 3 heteroatoms. The molecule has 0 saturated heterocycles. The van der Waals surface area contributed by atoms with Crippen LogP contribution in [0.1, 0.15) is 46.1 Å². The van der Waals surface area contributed by atoms with Gasteiger partial charge in [-0.25, -0.2) is 4.98 Å². The summed E-state index contributed by atoms with van der Waals surface area (Å²) in [5.74, 6) is 1.84. The molecule has 0 atom stereocenters. The van der Waals surface area contributed by atoms with Crippen molar-refractivity contribution in [3.05, 3.63) is 23.9 Å². The summed E-state index contributed by atoms with van der Waals surface area (Å²) in [4.78, 5) is 7.01.